The number of carbonyl (C=O) groups is 1. The Bertz CT molecular complexity index is 1220. The predicted octanol–water partition coefficient (Wildman–Crippen LogP) is 4.27. The minimum atomic E-state index is -1.68. The van der Waals surface area contributed by atoms with Gasteiger partial charge in [0.05, 0.1) is 42.0 Å². The van der Waals surface area contributed by atoms with Crippen LogP contribution in [0.25, 0.3) is 0 Å². The lowest BCUT2D eigenvalue weighted by Gasteiger charge is -2.48. The van der Waals surface area contributed by atoms with Crippen LogP contribution < -0.4 is 5.32 Å². The molecule has 16 atom stereocenters. The monoisotopic (exact) mass is 727 g/mol. The minimum Gasteiger partial charge on any atom is -0.489 e. The highest BCUT2D eigenvalue weighted by Gasteiger charge is 2.55. The third-order valence-electron chi connectivity index (χ3n) is 12.4. The first-order valence-electron chi connectivity index (χ1n) is 19.4. The maximum atomic E-state index is 14.4. The smallest absolute Gasteiger partial charge is 0.225 e. The Morgan fingerprint density at radius 2 is 1.65 bits per heavy atom. The van der Waals surface area contributed by atoms with Gasteiger partial charge in [0.2, 0.25) is 5.91 Å². The summed E-state index contributed by atoms with van der Waals surface area (Å²) in [5.41, 5.74) is -2.24. The van der Waals surface area contributed by atoms with E-state index < -0.39 is 77.6 Å². The molecule has 4 N–H and O–H groups in total. The number of amides is 1. The van der Waals surface area contributed by atoms with E-state index in [-0.39, 0.29) is 24.2 Å². The van der Waals surface area contributed by atoms with Gasteiger partial charge < -0.3 is 54.0 Å². The van der Waals surface area contributed by atoms with Crippen molar-refractivity contribution >= 4 is 5.91 Å². The lowest BCUT2D eigenvalue weighted by Crippen LogP contribution is -2.61. The summed E-state index contributed by atoms with van der Waals surface area (Å²) in [6.45, 7) is 22.0. The number of hydrogen-bond acceptors (Lipinski definition) is 11. The molecule has 4 rings (SSSR count). The molecule has 4 aliphatic heterocycles. The normalized spacial score (nSPS) is 47.3. The number of hydrogen-bond donors (Lipinski definition) is 4. The molecule has 0 aromatic rings. The molecule has 3 unspecified atom stereocenters. The zero-order chi connectivity index (χ0) is 38.2. The van der Waals surface area contributed by atoms with Crippen LogP contribution in [0.4, 0.5) is 0 Å². The number of nitrogens with one attached hydrogen (secondary N) is 1. The van der Waals surface area contributed by atoms with E-state index in [2.05, 4.69) is 17.1 Å². The molecule has 0 radical (unpaired) electrons. The number of rotatable bonds is 9. The highest BCUT2D eigenvalue weighted by molar-refractivity contribution is 5.79. The summed E-state index contributed by atoms with van der Waals surface area (Å²) in [5, 5.41) is 38.6. The summed E-state index contributed by atoms with van der Waals surface area (Å²) in [6.07, 6.45) is -2.31. The van der Waals surface area contributed by atoms with Crippen LogP contribution in [0.15, 0.2) is 11.3 Å². The molecule has 51 heavy (non-hydrogen) atoms. The molecule has 296 valence electrons. The fourth-order valence-electron chi connectivity index (χ4n) is 9.21. The maximum absolute atomic E-state index is 14.4. The van der Waals surface area contributed by atoms with Crippen molar-refractivity contribution in [2.75, 3.05) is 20.7 Å². The van der Waals surface area contributed by atoms with Gasteiger partial charge in [-0.05, 0) is 73.5 Å². The van der Waals surface area contributed by atoms with Crippen LogP contribution in [0.2, 0.25) is 0 Å². The molecule has 0 aromatic carbocycles. The average Bonchev–Trinajstić information content (AvgIpc) is 3.38. The second kappa shape index (κ2) is 16.6. The van der Waals surface area contributed by atoms with E-state index in [1.165, 1.54) is 0 Å². The number of likely N-dealkylation sites (N-methyl/N-ethyl adjacent to an activating group) is 1. The molecule has 12 heteroatoms. The van der Waals surface area contributed by atoms with Crippen LogP contribution in [0.5, 0.6) is 0 Å². The average molecular weight is 727 g/mol. The van der Waals surface area contributed by atoms with Crippen molar-refractivity contribution in [1.82, 2.24) is 10.2 Å². The molecule has 2 bridgehead atoms. The second-order valence-corrected chi connectivity index (χ2v) is 17.0. The number of methoxy groups -OCH3 is 1. The Kier molecular flexibility index (Phi) is 13.8. The van der Waals surface area contributed by atoms with Crippen molar-refractivity contribution in [1.29, 1.82) is 0 Å². The van der Waals surface area contributed by atoms with E-state index in [0.717, 1.165) is 12.1 Å². The third-order valence-corrected chi connectivity index (χ3v) is 12.4. The highest BCUT2D eigenvalue weighted by Crippen LogP contribution is 2.47. The highest BCUT2D eigenvalue weighted by atomic mass is 16.7. The Morgan fingerprint density at radius 1 is 0.980 bits per heavy atom. The Balaban J connectivity index is 1.84. The maximum Gasteiger partial charge on any atom is 0.225 e. The first-order chi connectivity index (χ1) is 23.7. The first-order valence-corrected chi connectivity index (χ1v) is 19.4. The number of carbonyl (C=O) groups excluding carboxylic acids is 1. The molecular weight excluding hydrogens is 656 g/mol. The fourth-order valence-corrected chi connectivity index (χ4v) is 9.21. The molecule has 0 aliphatic carbocycles. The minimum absolute atomic E-state index is 0.146. The van der Waals surface area contributed by atoms with Crippen LogP contribution in [-0.4, -0.2) is 125 Å². The van der Waals surface area contributed by atoms with Crippen LogP contribution in [0, 0.1) is 17.8 Å². The van der Waals surface area contributed by atoms with Crippen molar-refractivity contribution in [3.8, 4) is 0 Å². The van der Waals surface area contributed by atoms with E-state index in [0.29, 0.717) is 44.3 Å². The van der Waals surface area contributed by atoms with Crippen molar-refractivity contribution in [3.05, 3.63) is 11.3 Å². The van der Waals surface area contributed by atoms with Gasteiger partial charge in [-0.15, -0.1) is 0 Å². The fraction of sp³-hybridized carbons (Fsp3) is 0.923. The Labute approximate surface area is 306 Å². The van der Waals surface area contributed by atoms with Gasteiger partial charge in [-0.3, -0.25) is 4.79 Å². The molecule has 4 heterocycles. The quantitative estimate of drug-likeness (QED) is 0.270. The van der Waals surface area contributed by atoms with Crippen LogP contribution in [0.3, 0.4) is 0 Å². The summed E-state index contributed by atoms with van der Waals surface area (Å²) in [6, 6.07) is -0.926. The summed E-state index contributed by atoms with van der Waals surface area (Å²) in [5.74, 6) is -1.58. The summed E-state index contributed by atoms with van der Waals surface area (Å²) in [4.78, 5) is 16.5. The van der Waals surface area contributed by atoms with Gasteiger partial charge in [0.25, 0.3) is 0 Å². The third kappa shape index (κ3) is 8.97. The van der Waals surface area contributed by atoms with Crippen LogP contribution in [-0.2, 0) is 33.2 Å². The number of ether oxygens (including phenoxy) is 6. The van der Waals surface area contributed by atoms with E-state index >= 15 is 0 Å². The van der Waals surface area contributed by atoms with Gasteiger partial charge in [0.1, 0.15) is 29.2 Å². The molecule has 0 saturated carbocycles. The first kappa shape index (κ1) is 42.4. The summed E-state index contributed by atoms with van der Waals surface area (Å²) in [7, 11) is 3.68. The lowest BCUT2D eigenvalue weighted by molar-refractivity contribution is -0.308. The van der Waals surface area contributed by atoms with Gasteiger partial charge in [-0.2, -0.15) is 0 Å². The van der Waals surface area contributed by atoms with Gasteiger partial charge >= 0.3 is 0 Å². The topological polar surface area (TPSA) is 148 Å². The Morgan fingerprint density at radius 3 is 2.25 bits per heavy atom. The molecule has 3 fully saturated rings. The number of aliphatic hydroxyl groups excluding tert-OH is 2. The van der Waals surface area contributed by atoms with Gasteiger partial charge in [-0.1, -0.05) is 41.0 Å². The van der Waals surface area contributed by atoms with E-state index in [1.54, 1.807) is 14.0 Å². The van der Waals surface area contributed by atoms with Crippen molar-refractivity contribution in [2.45, 2.75) is 193 Å². The van der Waals surface area contributed by atoms with Crippen LogP contribution >= 0.6 is 0 Å². The zero-order valence-electron chi connectivity index (χ0n) is 33.6. The number of nitrogens with zero attached hydrogens (tertiary/aromatic N) is 1. The standard InChI is InChI=1S/C39H70N2O10/c1-14-16-28-39(11,45)33(43)24(6)31-21(3)18-38(10,51-31)34(50-36-30(42)27(41(12)15-2)17-22(4)48-36)25(7)32(26(8)35(44)40-28)49-29-20-37(9,46-13)19-23(5)47-29/h22-30,32-34,36,42-43,45H,14-20H2,1-13H3,(H,40,44)/t22-,23+,24-,25+,26-,27+,28?,29?,30-,32+,33-,34-,36?,37+,38-,39-/m1/s1. The SMILES string of the molecule is CCCC1NC(=O)[C@H](C)[C@@H](OC2C[C@@](C)(OC)C[C@H](C)O2)[C@H](C)[C@@H](OC2O[C@H](C)C[C@H](N(C)CC)[C@H]2O)[C@@]2(C)CC(C)=C(O2)[C@@H](C)[C@@H](O)[C@]1(C)O. The molecule has 1 amide bonds. The number of fused-ring (bicyclic) bond motifs is 2. The van der Waals surface area contributed by atoms with Crippen molar-refractivity contribution in [3.63, 3.8) is 0 Å². The number of aliphatic hydroxyl groups is 3. The van der Waals surface area contributed by atoms with Gasteiger partial charge in [0.15, 0.2) is 12.6 Å². The summed E-state index contributed by atoms with van der Waals surface area (Å²) < 4.78 is 39.4. The zero-order valence-corrected chi connectivity index (χ0v) is 33.6. The van der Waals surface area contributed by atoms with Crippen LogP contribution in [0.1, 0.15) is 115 Å². The molecular formula is C39H70N2O10. The molecule has 0 spiro atoms. The van der Waals surface area contributed by atoms with Gasteiger partial charge in [0, 0.05) is 44.2 Å². The summed E-state index contributed by atoms with van der Waals surface area (Å²) >= 11 is 0. The predicted molar refractivity (Wildman–Crippen MR) is 194 cm³/mol. The van der Waals surface area contributed by atoms with Gasteiger partial charge in [-0.25, -0.2) is 0 Å². The second-order valence-electron chi connectivity index (χ2n) is 17.0. The Hall–Kier alpha value is -1.35. The molecule has 4 aliphatic rings. The molecule has 3 saturated heterocycles. The van der Waals surface area contributed by atoms with E-state index in [4.69, 9.17) is 28.4 Å². The molecule has 0 aromatic heterocycles. The van der Waals surface area contributed by atoms with E-state index in [1.807, 2.05) is 69.4 Å². The van der Waals surface area contributed by atoms with Crippen molar-refractivity contribution < 1.29 is 48.5 Å². The van der Waals surface area contributed by atoms with Crippen molar-refractivity contribution in [2.24, 2.45) is 17.8 Å². The van der Waals surface area contributed by atoms with E-state index in [9.17, 15) is 20.1 Å². The molecule has 12 nitrogen and oxygen atoms in total. The lowest BCUT2D eigenvalue weighted by atomic mass is 9.77. The largest absolute Gasteiger partial charge is 0.489 e.